The van der Waals surface area contributed by atoms with Crippen LogP contribution in [0.25, 0.3) is 0 Å². The van der Waals surface area contributed by atoms with Crippen LogP contribution in [0.3, 0.4) is 0 Å². The average Bonchev–Trinajstić information content (AvgIpc) is 2.56. The molecule has 5 heteroatoms. The molecule has 0 atom stereocenters. The van der Waals surface area contributed by atoms with E-state index in [1.165, 1.54) is 5.56 Å². The Labute approximate surface area is 132 Å². The predicted octanol–water partition coefficient (Wildman–Crippen LogP) is 2.31. The standard InChI is InChI=1S/C17H26N2O3/c1-21-13-15-8-11-19(12-9-15)17(20)18-10-7-14-3-5-16(22-2)6-4-14/h3-6,15H,7-13H2,1-2H3,(H,18,20). The number of piperidine rings is 1. The Kier molecular flexibility index (Phi) is 6.52. The van der Waals surface area contributed by atoms with E-state index in [1.54, 1.807) is 14.2 Å². The molecule has 5 nitrogen and oxygen atoms in total. The molecule has 1 aromatic rings. The maximum atomic E-state index is 12.1. The molecular formula is C17H26N2O3. The Hall–Kier alpha value is -1.75. The first-order chi connectivity index (χ1) is 10.7. The van der Waals surface area contributed by atoms with E-state index in [4.69, 9.17) is 9.47 Å². The van der Waals surface area contributed by atoms with Crippen molar-refractivity contribution in [3.05, 3.63) is 29.8 Å². The molecule has 1 aliphatic rings. The number of carbonyl (C=O) groups is 1. The van der Waals surface area contributed by atoms with Gasteiger partial charge in [-0.05, 0) is 42.9 Å². The number of urea groups is 1. The van der Waals surface area contributed by atoms with Crippen molar-refractivity contribution in [1.29, 1.82) is 0 Å². The number of amides is 2. The summed E-state index contributed by atoms with van der Waals surface area (Å²) < 4.78 is 10.3. The van der Waals surface area contributed by atoms with Gasteiger partial charge in [-0.25, -0.2) is 4.79 Å². The molecule has 0 bridgehead atoms. The van der Waals surface area contributed by atoms with Gasteiger partial charge in [0.2, 0.25) is 0 Å². The third-order valence-corrected chi connectivity index (χ3v) is 4.15. The number of carbonyl (C=O) groups excluding carboxylic acids is 1. The molecule has 0 saturated carbocycles. The Morgan fingerprint density at radius 1 is 1.23 bits per heavy atom. The molecule has 0 spiro atoms. The molecule has 2 rings (SSSR count). The summed E-state index contributed by atoms with van der Waals surface area (Å²) in [6, 6.07) is 7.99. The topological polar surface area (TPSA) is 50.8 Å². The number of hydrogen-bond acceptors (Lipinski definition) is 3. The van der Waals surface area contributed by atoms with Gasteiger partial charge in [0.15, 0.2) is 0 Å². The van der Waals surface area contributed by atoms with Gasteiger partial charge in [0, 0.05) is 33.4 Å². The minimum Gasteiger partial charge on any atom is -0.497 e. The van der Waals surface area contributed by atoms with E-state index in [-0.39, 0.29) is 6.03 Å². The quantitative estimate of drug-likeness (QED) is 0.877. The Morgan fingerprint density at radius 3 is 2.50 bits per heavy atom. The van der Waals surface area contributed by atoms with Gasteiger partial charge in [-0.2, -0.15) is 0 Å². The first-order valence-corrected chi connectivity index (χ1v) is 7.87. The molecular weight excluding hydrogens is 280 g/mol. The highest BCUT2D eigenvalue weighted by molar-refractivity contribution is 5.74. The average molecular weight is 306 g/mol. The van der Waals surface area contributed by atoms with Crippen molar-refractivity contribution in [2.45, 2.75) is 19.3 Å². The Bertz CT molecular complexity index is 453. The highest BCUT2D eigenvalue weighted by atomic mass is 16.5. The van der Waals surface area contributed by atoms with Crippen molar-refractivity contribution in [3.63, 3.8) is 0 Å². The fourth-order valence-corrected chi connectivity index (χ4v) is 2.76. The lowest BCUT2D eigenvalue weighted by Crippen LogP contribution is -2.45. The Morgan fingerprint density at radius 2 is 1.91 bits per heavy atom. The first kappa shape index (κ1) is 16.6. The lowest BCUT2D eigenvalue weighted by molar-refractivity contribution is 0.107. The number of likely N-dealkylation sites (tertiary alicyclic amines) is 1. The van der Waals surface area contributed by atoms with E-state index in [9.17, 15) is 4.79 Å². The van der Waals surface area contributed by atoms with Gasteiger partial charge in [0.1, 0.15) is 5.75 Å². The fraction of sp³-hybridized carbons (Fsp3) is 0.588. The maximum absolute atomic E-state index is 12.1. The van der Waals surface area contributed by atoms with Crippen LogP contribution < -0.4 is 10.1 Å². The molecule has 1 aromatic carbocycles. The number of methoxy groups -OCH3 is 2. The predicted molar refractivity (Wildman–Crippen MR) is 86.3 cm³/mol. The minimum atomic E-state index is 0.0457. The van der Waals surface area contributed by atoms with E-state index in [2.05, 4.69) is 5.32 Å². The van der Waals surface area contributed by atoms with E-state index < -0.39 is 0 Å². The van der Waals surface area contributed by atoms with Crippen molar-refractivity contribution in [2.75, 3.05) is 40.5 Å². The van der Waals surface area contributed by atoms with E-state index in [0.29, 0.717) is 12.5 Å². The largest absolute Gasteiger partial charge is 0.497 e. The summed E-state index contributed by atoms with van der Waals surface area (Å²) in [4.78, 5) is 14.0. The molecule has 0 aromatic heterocycles. The van der Waals surface area contributed by atoms with Gasteiger partial charge in [-0.3, -0.25) is 0 Å². The molecule has 1 aliphatic heterocycles. The molecule has 1 fully saturated rings. The van der Waals surface area contributed by atoms with Gasteiger partial charge in [0.05, 0.1) is 7.11 Å². The summed E-state index contributed by atoms with van der Waals surface area (Å²) in [5.41, 5.74) is 1.19. The number of nitrogens with one attached hydrogen (secondary N) is 1. The van der Waals surface area contributed by atoms with E-state index >= 15 is 0 Å². The van der Waals surface area contributed by atoms with Crippen LogP contribution in [-0.2, 0) is 11.2 Å². The Balaban J connectivity index is 1.67. The van der Waals surface area contributed by atoms with Crippen molar-refractivity contribution in [2.24, 2.45) is 5.92 Å². The molecule has 22 heavy (non-hydrogen) atoms. The summed E-state index contributed by atoms with van der Waals surface area (Å²) in [6.45, 7) is 3.10. The maximum Gasteiger partial charge on any atom is 0.317 e. The summed E-state index contributed by atoms with van der Waals surface area (Å²) in [5.74, 6) is 1.44. The lowest BCUT2D eigenvalue weighted by atomic mass is 9.98. The van der Waals surface area contributed by atoms with Crippen LogP contribution in [0.15, 0.2) is 24.3 Å². The van der Waals surface area contributed by atoms with Crippen molar-refractivity contribution >= 4 is 6.03 Å². The summed E-state index contributed by atoms with van der Waals surface area (Å²) >= 11 is 0. The SMILES string of the molecule is COCC1CCN(C(=O)NCCc2ccc(OC)cc2)CC1. The van der Waals surface area contributed by atoms with Gasteiger partial charge < -0.3 is 19.7 Å². The van der Waals surface area contributed by atoms with Gasteiger partial charge in [-0.1, -0.05) is 12.1 Å². The van der Waals surface area contributed by atoms with Crippen LogP contribution in [0.2, 0.25) is 0 Å². The molecule has 122 valence electrons. The van der Waals surface area contributed by atoms with E-state index in [1.807, 2.05) is 29.2 Å². The van der Waals surface area contributed by atoms with Crippen LogP contribution >= 0.6 is 0 Å². The number of nitrogens with zero attached hydrogens (tertiary/aromatic N) is 1. The zero-order valence-electron chi connectivity index (χ0n) is 13.5. The lowest BCUT2D eigenvalue weighted by Gasteiger charge is -2.31. The van der Waals surface area contributed by atoms with Crippen molar-refractivity contribution in [1.82, 2.24) is 10.2 Å². The number of benzene rings is 1. The van der Waals surface area contributed by atoms with E-state index in [0.717, 1.165) is 44.7 Å². The zero-order valence-corrected chi connectivity index (χ0v) is 13.5. The summed E-state index contributed by atoms with van der Waals surface area (Å²) in [7, 11) is 3.39. The van der Waals surface area contributed by atoms with Gasteiger partial charge >= 0.3 is 6.03 Å². The first-order valence-electron chi connectivity index (χ1n) is 7.87. The van der Waals surface area contributed by atoms with Gasteiger partial charge in [0.25, 0.3) is 0 Å². The number of rotatable bonds is 6. The van der Waals surface area contributed by atoms with Crippen molar-refractivity contribution in [3.8, 4) is 5.75 Å². The van der Waals surface area contributed by atoms with Crippen LogP contribution in [0.5, 0.6) is 5.75 Å². The summed E-state index contributed by atoms with van der Waals surface area (Å²) in [5, 5.41) is 3.00. The molecule has 1 N–H and O–H groups in total. The normalized spacial score (nSPS) is 15.6. The van der Waals surface area contributed by atoms with Crippen LogP contribution in [0, 0.1) is 5.92 Å². The second-order valence-corrected chi connectivity index (χ2v) is 5.72. The minimum absolute atomic E-state index is 0.0457. The number of hydrogen-bond donors (Lipinski definition) is 1. The third kappa shape index (κ3) is 4.91. The van der Waals surface area contributed by atoms with Crippen molar-refractivity contribution < 1.29 is 14.3 Å². The molecule has 0 unspecified atom stereocenters. The monoisotopic (exact) mass is 306 g/mol. The van der Waals surface area contributed by atoms with Gasteiger partial charge in [-0.15, -0.1) is 0 Å². The van der Waals surface area contributed by atoms with Crippen LogP contribution in [0.1, 0.15) is 18.4 Å². The smallest absolute Gasteiger partial charge is 0.317 e. The van der Waals surface area contributed by atoms with Crippen LogP contribution in [0.4, 0.5) is 4.79 Å². The molecule has 1 heterocycles. The van der Waals surface area contributed by atoms with Crippen LogP contribution in [-0.4, -0.2) is 51.4 Å². The second-order valence-electron chi connectivity index (χ2n) is 5.72. The highest BCUT2D eigenvalue weighted by Crippen LogP contribution is 2.17. The molecule has 1 saturated heterocycles. The zero-order chi connectivity index (χ0) is 15.8. The second kappa shape index (κ2) is 8.63. The number of ether oxygens (including phenoxy) is 2. The molecule has 2 amide bonds. The molecule has 0 aliphatic carbocycles. The fourth-order valence-electron chi connectivity index (χ4n) is 2.76. The summed E-state index contributed by atoms with van der Waals surface area (Å²) in [6.07, 6.45) is 2.88. The highest BCUT2D eigenvalue weighted by Gasteiger charge is 2.22. The molecule has 0 radical (unpaired) electrons. The third-order valence-electron chi connectivity index (χ3n) is 4.15.